The Morgan fingerprint density at radius 2 is 2.15 bits per heavy atom. The summed E-state index contributed by atoms with van der Waals surface area (Å²) in [6.45, 7) is 3.51. The molecule has 0 bridgehead atoms. The van der Waals surface area contributed by atoms with Crippen LogP contribution in [0, 0.1) is 6.92 Å². The van der Waals surface area contributed by atoms with Crippen LogP contribution < -0.4 is 15.4 Å². The van der Waals surface area contributed by atoms with E-state index >= 15 is 0 Å². The van der Waals surface area contributed by atoms with Crippen molar-refractivity contribution in [2.45, 2.75) is 40.0 Å². The molecule has 0 fully saturated rings. The third-order valence-electron chi connectivity index (χ3n) is 3.60. The Morgan fingerprint density at radius 3 is 2.81 bits per heavy atom. The molecule has 0 aliphatic carbocycles. The van der Waals surface area contributed by atoms with Crippen LogP contribution in [0.25, 0.3) is 0 Å². The SMILES string of the molecule is CCNC(=NCc1cc(C)ccc1OC(F)F)NCCCn1cccn1.I. The molecule has 1 aromatic carbocycles. The van der Waals surface area contributed by atoms with Crippen LogP contribution in [-0.2, 0) is 13.1 Å². The maximum absolute atomic E-state index is 12.6. The van der Waals surface area contributed by atoms with Gasteiger partial charge in [0.05, 0.1) is 6.54 Å². The van der Waals surface area contributed by atoms with Crippen molar-refractivity contribution in [2.24, 2.45) is 4.99 Å². The summed E-state index contributed by atoms with van der Waals surface area (Å²) < 4.78 is 31.6. The largest absolute Gasteiger partial charge is 0.434 e. The molecular formula is C18H26F2IN5O. The average molecular weight is 493 g/mol. The number of hydrogen-bond acceptors (Lipinski definition) is 3. The smallest absolute Gasteiger partial charge is 0.387 e. The van der Waals surface area contributed by atoms with Crippen molar-refractivity contribution in [3.63, 3.8) is 0 Å². The number of halogens is 3. The van der Waals surface area contributed by atoms with Crippen molar-refractivity contribution in [2.75, 3.05) is 13.1 Å². The quantitative estimate of drug-likeness (QED) is 0.243. The summed E-state index contributed by atoms with van der Waals surface area (Å²) in [5.41, 5.74) is 1.59. The second-order valence-electron chi connectivity index (χ2n) is 5.73. The zero-order valence-electron chi connectivity index (χ0n) is 15.5. The summed E-state index contributed by atoms with van der Waals surface area (Å²) in [7, 11) is 0. The topological polar surface area (TPSA) is 63.5 Å². The molecule has 0 saturated carbocycles. The number of aliphatic imine (C=N–C) groups is 1. The highest BCUT2D eigenvalue weighted by Crippen LogP contribution is 2.22. The predicted molar refractivity (Wildman–Crippen MR) is 113 cm³/mol. The van der Waals surface area contributed by atoms with Gasteiger partial charge in [0.25, 0.3) is 0 Å². The molecule has 150 valence electrons. The number of alkyl halides is 2. The summed E-state index contributed by atoms with van der Waals surface area (Å²) in [4.78, 5) is 4.47. The monoisotopic (exact) mass is 493 g/mol. The fourth-order valence-electron chi connectivity index (χ4n) is 2.43. The number of hydrogen-bond donors (Lipinski definition) is 2. The lowest BCUT2D eigenvalue weighted by Crippen LogP contribution is -2.38. The molecule has 0 aliphatic rings. The highest BCUT2D eigenvalue weighted by molar-refractivity contribution is 14.0. The Bertz CT molecular complexity index is 695. The van der Waals surface area contributed by atoms with Crippen LogP contribution in [0.3, 0.4) is 0 Å². The zero-order valence-corrected chi connectivity index (χ0v) is 17.8. The molecule has 2 rings (SSSR count). The van der Waals surface area contributed by atoms with Crippen molar-refractivity contribution >= 4 is 29.9 Å². The van der Waals surface area contributed by atoms with E-state index in [1.54, 1.807) is 18.3 Å². The lowest BCUT2D eigenvalue weighted by molar-refractivity contribution is -0.0504. The van der Waals surface area contributed by atoms with Gasteiger partial charge in [0.15, 0.2) is 5.96 Å². The summed E-state index contributed by atoms with van der Waals surface area (Å²) in [6, 6.07) is 6.99. The van der Waals surface area contributed by atoms with Crippen molar-refractivity contribution in [3.05, 3.63) is 47.8 Å². The van der Waals surface area contributed by atoms with E-state index in [-0.39, 0.29) is 36.3 Å². The van der Waals surface area contributed by atoms with Gasteiger partial charge in [-0.15, -0.1) is 24.0 Å². The first-order valence-electron chi connectivity index (χ1n) is 8.62. The van der Waals surface area contributed by atoms with Gasteiger partial charge in [-0.2, -0.15) is 13.9 Å². The van der Waals surface area contributed by atoms with E-state index in [0.717, 1.165) is 25.1 Å². The van der Waals surface area contributed by atoms with Crippen molar-refractivity contribution in [1.82, 2.24) is 20.4 Å². The zero-order chi connectivity index (χ0) is 18.8. The van der Waals surface area contributed by atoms with Crippen LogP contribution in [0.15, 0.2) is 41.7 Å². The summed E-state index contributed by atoms with van der Waals surface area (Å²) >= 11 is 0. The molecule has 0 atom stereocenters. The number of nitrogens with one attached hydrogen (secondary N) is 2. The van der Waals surface area contributed by atoms with Crippen LogP contribution in [0.1, 0.15) is 24.5 Å². The van der Waals surface area contributed by atoms with E-state index in [9.17, 15) is 8.78 Å². The molecule has 1 heterocycles. The third-order valence-corrected chi connectivity index (χ3v) is 3.60. The minimum atomic E-state index is -2.85. The van der Waals surface area contributed by atoms with E-state index in [4.69, 9.17) is 0 Å². The highest BCUT2D eigenvalue weighted by Gasteiger charge is 2.10. The Hall–Kier alpha value is -1.91. The molecule has 6 nitrogen and oxygen atoms in total. The number of ether oxygens (including phenoxy) is 1. The van der Waals surface area contributed by atoms with Crippen molar-refractivity contribution in [1.29, 1.82) is 0 Å². The van der Waals surface area contributed by atoms with Crippen LogP contribution in [0.4, 0.5) is 8.78 Å². The number of aryl methyl sites for hydroxylation is 2. The van der Waals surface area contributed by atoms with Gasteiger partial charge < -0.3 is 15.4 Å². The second kappa shape index (κ2) is 12.5. The summed E-state index contributed by atoms with van der Waals surface area (Å²) in [6.07, 6.45) is 4.55. The molecule has 0 amide bonds. The molecule has 1 aromatic heterocycles. The van der Waals surface area contributed by atoms with Gasteiger partial charge >= 0.3 is 6.61 Å². The fourth-order valence-corrected chi connectivity index (χ4v) is 2.43. The molecule has 9 heteroatoms. The average Bonchev–Trinajstić information content (AvgIpc) is 3.11. The molecule has 0 radical (unpaired) electrons. The molecule has 0 spiro atoms. The molecule has 0 aliphatic heterocycles. The Morgan fingerprint density at radius 1 is 1.33 bits per heavy atom. The van der Waals surface area contributed by atoms with E-state index in [0.29, 0.717) is 18.1 Å². The Labute approximate surface area is 175 Å². The predicted octanol–water partition coefficient (Wildman–Crippen LogP) is 3.56. The highest BCUT2D eigenvalue weighted by atomic mass is 127. The van der Waals surface area contributed by atoms with Crippen molar-refractivity contribution < 1.29 is 13.5 Å². The molecule has 2 aromatic rings. The van der Waals surface area contributed by atoms with Crippen LogP contribution in [0.5, 0.6) is 5.75 Å². The van der Waals surface area contributed by atoms with E-state index in [1.165, 1.54) is 0 Å². The standard InChI is InChI=1S/C18H25F2N5O.HI/c1-3-21-18(22-8-4-10-25-11-5-9-24-25)23-13-15-12-14(2)6-7-16(15)26-17(19)20;/h5-7,9,11-12,17H,3-4,8,10,13H2,1-2H3,(H2,21,22,23);1H. The van der Waals surface area contributed by atoms with Gasteiger partial charge in [-0.1, -0.05) is 17.7 Å². The second-order valence-corrected chi connectivity index (χ2v) is 5.73. The van der Waals surface area contributed by atoms with Gasteiger partial charge in [-0.3, -0.25) is 4.68 Å². The number of benzene rings is 1. The van der Waals surface area contributed by atoms with Crippen LogP contribution >= 0.6 is 24.0 Å². The maximum atomic E-state index is 12.6. The first kappa shape index (κ1) is 23.1. The first-order valence-corrected chi connectivity index (χ1v) is 8.62. The number of rotatable bonds is 9. The first-order chi connectivity index (χ1) is 12.6. The van der Waals surface area contributed by atoms with Gasteiger partial charge in [-0.05, 0) is 32.4 Å². The lowest BCUT2D eigenvalue weighted by atomic mass is 10.1. The summed E-state index contributed by atoms with van der Waals surface area (Å²) in [5, 5.41) is 10.5. The Balaban J connectivity index is 0.00000364. The van der Waals surface area contributed by atoms with Crippen LogP contribution in [-0.4, -0.2) is 35.4 Å². The van der Waals surface area contributed by atoms with E-state index in [1.807, 2.05) is 36.9 Å². The van der Waals surface area contributed by atoms with Crippen LogP contribution in [0.2, 0.25) is 0 Å². The summed E-state index contributed by atoms with van der Waals surface area (Å²) in [5.74, 6) is 0.793. The molecule has 27 heavy (non-hydrogen) atoms. The molecule has 2 N–H and O–H groups in total. The van der Waals surface area contributed by atoms with Crippen molar-refractivity contribution in [3.8, 4) is 5.75 Å². The van der Waals surface area contributed by atoms with Gasteiger partial charge in [0, 0.05) is 37.6 Å². The lowest BCUT2D eigenvalue weighted by Gasteiger charge is -2.13. The number of nitrogens with zero attached hydrogens (tertiary/aromatic N) is 3. The molecule has 0 unspecified atom stereocenters. The minimum absolute atomic E-state index is 0. The van der Waals surface area contributed by atoms with Gasteiger partial charge in [0.1, 0.15) is 5.75 Å². The minimum Gasteiger partial charge on any atom is -0.434 e. The van der Waals surface area contributed by atoms with Gasteiger partial charge in [0.2, 0.25) is 0 Å². The third kappa shape index (κ3) is 8.55. The molecular weight excluding hydrogens is 467 g/mol. The fraction of sp³-hybridized carbons (Fsp3) is 0.444. The number of aromatic nitrogens is 2. The normalized spacial score (nSPS) is 11.2. The maximum Gasteiger partial charge on any atom is 0.387 e. The molecule has 0 saturated heterocycles. The van der Waals surface area contributed by atoms with E-state index < -0.39 is 6.61 Å². The van der Waals surface area contributed by atoms with E-state index in [2.05, 4.69) is 25.5 Å². The van der Waals surface area contributed by atoms with Gasteiger partial charge in [-0.25, -0.2) is 4.99 Å². The Kier molecular flexibility index (Phi) is 10.7. The number of guanidine groups is 1.